The maximum Gasteiger partial charge on any atom is 0.115 e. The van der Waals surface area contributed by atoms with Gasteiger partial charge in [-0.25, -0.2) is 0 Å². The van der Waals surface area contributed by atoms with Crippen molar-refractivity contribution in [2.75, 3.05) is 0 Å². The summed E-state index contributed by atoms with van der Waals surface area (Å²) in [5.74, 6) is 2.58. The van der Waals surface area contributed by atoms with E-state index in [0.717, 1.165) is 25.7 Å². The topological polar surface area (TPSA) is 80.9 Å². The molecule has 4 N–H and O–H groups in total. The van der Waals surface area contributed by atoms with Gasteiger partial charge < -0.3 is 20.4 Å². The lowest BCUT2D eigenvalue weighted by Gasteiger charge is -2.49. The van der Waals surface area contributed by atoms with Crippen LogP contribution in [0.3, 0.4) is 0 Å². The van der Waals surface area contributed by atoms with Crippen LogP contribution >= 0.6 is 0 Å². The van der Waals surface area contributed by atoms with E-state index in [0.29, 0.717) is 34.8 Å². The van der Waals surface area contributed by atoms with E-state index in [4.69, 9.17) is 0 Å². The standard InChI is InChI=1S/C22H28O2.C21H26O2/c1-4-16-13-21(2,3)15-22(14-16,17-5-9-19(23)10-6-17)18-7-11-20(24)12-8-18;1-15-12-13-21(14-20(15,2)3,16-4-8-18(22)9-5-16)17-6-10-19(23)11-7-17/h5-12,16,23-24H,4,13-15H2,1-3H3;4-11,15,22-23H,12-14H2,1-3H3. The summed E-state index contributed by atoms with van der Waals surface area (Å²) in [5, 5.41) is 38.7. The Morgan fingerprint density at radius 2 is 0.894 bits per heavy atom. The highest BCUT2D eigenvalue weighted by molar-refractivity contribution is 5.45. The van der Waals surface area contributed by atoms with Crippen LogP contribution < -0.4 is 0 Å². The predicted molar refractivity (Wildman–Crippen MR) is 192 cm³/mol. The lowest BCUT2D eigenvalue weighted by Crippen LogP contribution is -2.41. The van der Waals surface area contributed by atoms with Gasteiger partial charge in [0.05, 0.1) is 0 Å². The summed E-state index contributed by atoms with van der Waals surface area (Å²) in [6, 6.07) is 30.8. The molecule has 4 aromatic rings. The van der Waals surface area contributed by atoms with Crippen molar-refractivity contribution in [3.05, 3.63) is 119 Å². The zero-order chi connectivity index (χ0) is 34.0. The van der Waals surface area contributed by atoms with Gasteiger partial charge >= 0.3 is 0 Å². The van der Waals surface area contributed by atoms with Crippen molar-refractivity contribution in [3.8, 4) is 23.0 Å². The van der Waals surface area contributed by atoms with Crippen LogP contribution in [0, 0.1) is 22.7 Å². The lowest BCUT2D eigenvalue weighted by molar-refractivity contribution is 0.102. The Hall–Kier alpha value is -3.92. The van der Waals surface area contributed by atoms with Gasteiger partial charge in [-0.3, -0.25) is 0 Å². The molecule has 2 aliphatic carbocycles. The van der Waals surface area contributed by atoms with Crippen LogP contribution in [0.4, 0.5) is 0 Å². The summed E-state index contributed by atoms with van der Waals surface area (Å²) in [6.07, 6.45) is 7.95. The van der Waals surface area contributed by atoms with E-state index in [-0.39, 0.29) is 21.7 Å². The maximum atomic E-state index is 9.71. The molecule has 4 aromatic carbocycles. The maximum absolute atomic E-state index is 9.71. The monoisotopic (exact) mass is 634 g/mol. The van der Waals surface area contributed by atoms with Crippen molar-refractivity contribution < 1.29 is 20.4 Å². The molecular weight excluding hydrogens is 580 g/mol. The number of rotatable bonds is 5. The highest BCUT2D eigenvalue weighted by Gasteiger charge is 2.47. The smallest absolute Gasteiger partial charge is 0.115 e. The zero-order valence-electron chi connectivity index (χ0n) is 29.1. The molecule has 2 fully saturated rings. The largest absolute Gasteiger partial charge is 0.508 e. The summed E-state index contributed by atoms with van der Waals surface area (Å²) < 4.78 is 0. The molecule has 250 valence electrons. The van der Waals surface area contributed by atoms with E-state index in [1.54, 1.807) is 48.5 Å². The Kier molecular flexibility index (Phi) is 9.74. The Morgan fingerprint density at radius 3 is 1.23 bits per heavy atom. The first-order valence-electron chi connectivity index (χ1n) is 17.4. The molecule has 47 heavy (non-hydrogen) atoms. The lowest BCUT2D eigenvalue weighted by atomic mass is 9.55. The quantitative estimate of drug-likeness (QED) is 0.176. The third kappa shape index (κ3) is 7.32. The molecule has 6 rings (SSSR count). The summed E-state index contributed by atoms with van der Waals surface area (Å²) in [4.78, 5) is 0. The second kappa shape index (κ2) is 13.3. The van der Waals surface area contributed by atoms with Crippen molar-refractivity contribution in [1.82, 2.24) is 0 Å². The molecule has 0 aliphatic heterocycles. The van der Waals surface area contributed by atoms with Gasteiger partial charge in [0, 0.05) is 10.8 Å². The van der Waals surface area contributed by atoms with E-state index in [9.17, 15) is 20.4 Å². The molecular formula is C43H54O4. The summed E-state index contributed by atoms with van der Waals surface area (Å²) in [6.45, 7) is 14.1. The van der Waals surface area contributed by atoms with Crippen LogP contribution in [-0.4, -0.2) is 20.4 Å². The minimum atomic E-state index is -0.0656. The molecule has 2 atom stereocenters. The fourth-order valence-corrected chi connectivity index (χ4v) is 8.88. The number of phenolic OH excluding ortho intramolecular Hbond substituents is 4. The van der Waals surface area contributed by atoms with Crippen LogP contribution in [0.1, 0.15) is 109 Å². The predicted octanol–water partition coefficient (Wildman–Crippen LogP) is 10.9. The van der Waals surface area contributed by atoms with Gasteiger partial charge in [-0.05, 0) is 132 Å². The molecule has 0 heterocycles. The molecule has 0 radical (unpaired) electrons. The van der Waals surface area contributed by atoms with Crippen LogP contribution in [0.15, 0.2) is 97.1 Å². The van der Waals surface area contributed by atoms with Crippen molar-refractivity contribution in [2.24, 2.45) is 22.7 Å². The first-order chi connectivity index (χ1) is 22.2. The van der Waals surface area contributed by atoms with E-state index in [1.165, 1.54) is 41.5 Å². The summed E-state index contributed by atoms with van der Waals surface area (Å²) >= 11 is 0. The average molecular weight is 635 g/mol. The Bertz CT molecular complexity index is 1510. The third-order valence-electron chi connectivity index (χ3n) is 11.6. The number of phenols is 4. The SMILES string of the molecule is CC1CCC(c2ccc(O)cc2)(c2ccc(O)cc2)CC1(C)C.CCC1CC(C)(C)CC(c2ccc(O)cc2)(c2ccc(O)cc2)C1. The molecule has 4 heteroatoms. The fraction of sp³-hybridized carbons (Fsp3) is 0.442. The first-order valence-corrected chi connectivity index (χ1v) is 17.4. The van der Waals surface area contributed by atoms with Crippen molar-refractivity contribution in [2.45, 2.75) is 97.3 Å². The Morgan fingerprint density at radius 1 is 0.532 bits per heavy atom. The third-order valence-corrected chi connectivity index (χ3v) is 11.6. The molecule has 0 spiro atoms. The minimum Gasteiger partial charge on any atom is -0.508 e. The molecule has 0 saturated heterocycles. The molecule has 0 bridgehead atoms. The highest BCUT2D eigenvalue weighted by Crippen LogP contribution is 2.55. The second-order valence-electron chi connectivity index (χ2n) is 16.0. The van der Waals surface area contributed by atoms with Crippen LogP contribution in [0.2, 0.25) is 0 Å². The number of hydrogen-bond donors (Lipinski definition) is 4. The molecule has 0 amide bonds. The number of aromatic hydroxyl groups is 4. The van der Waals surface area contributed by atoms with Gasteiger partial charge in [0.1, 0.15) is 23.0 Å². The van der Waals surface area contributed by atoms with Gasteiger partial charge in [-0.1, -0.05) is 96.5 Å². The van der Waals surface area contributed by atoms with Crippen molar-refractivity contribution in [1.29, 1.82) is 0 Å². The van der Waals surface area contributed by atoms with Crippen LogP contribution in [0.25, 0.3) is 0 Å². The zero-order valence-corrected chi connectivity index (χ0v) is 29.1. The summed E-state index contributed by atoms with van der Waals surface area (Å²) in [7, 11) is 0. The van der Waals surface area contributed by atoms with Crippen molar-refractivity contribution in [3.63, 3.8) is 0 Å². The summed E-state index contributed by atoms with van der Waals surface area (Å²) in [5.41, 5.74) is 5.40. The molecule has 2 saturated carbocycles. The fourth-order valence-electron chi connectivity index (χ4n) is 8.88. The molecule has 2 unspecified atom stereocenters. The normalized spacial score (nSPS) is 22.4. The Balaban J connectivity index is 0.000000185. The van der Waals surface area contributed by atoms with Gasteiger partial charge in [0.2, 0.25) is 0 Å². The number of hydrogen-bond acceptors (Lipinski definition) is 4. The van der Waals surface area contributed by atoms with E-state index in [1.807, 2.05) is 24.3 Å². The van der Waals surface area contributed by atoms with Gasteiger partial charge in [0.25, 0.3) is 0 Å². The minimum absolute atomic E-state index is 0.0581. The van der Waals surface area contributed by atoms with Crippen LogP contribution in [-0.2, 0) is 10.8 Å². The highest BCUT2D eigenvalue weighted by atomic mass is 16.3. The van der Waals surface area contributed by atoms with Gasteiger partial charge in [0.15, 0.2) is 0 Å². The molecule has 2 aliphatic rings. The van der Waals surface area contributed by atoms with E-state index >= 15 is 0 Å². The number of benzene rings is 4. The average Bonchev–Trinajstić information content (AvgIpc) is 3.03. The van der Waals surface area contributed by atoms with E-state index in [2.05, 4.69) is 65.8 Å². The van der Waals surface area contributed by atoms with Crippen molar-refractivity contribution >= 4 is 0 Å². The van der Waals surface area contributed by atoms with E-state index < -0.39 is 0 Å². The Labute approximate surface area is 282 Å². The second-order valence-corrected chi connectivity index (χ2v) is 16.0. The van der Waals surface area contributed by atoms with Crippen LogP contribution in [0.5, 0.6) is 23.0 Å². The van der Waals surface area contributed by atoms with Gasteiger partial charge in [-0.15, -0.1) is 0 Å². The molecule has 4 nitrogen and oxygen atoms in total. The molecule has 0 aromatic heterocycles. The first kappa shape index (κ1) is 34.4. The van der Waals surface area contributed by atoms with Gasteiger partial charge in [-0.2, -0.15) is 0 Å².